The Kier molecular flexibility index (Phi) is 12.8. The predicted octanol–water partition coefficient (Wildman–Crippen LogP) is 7.16. The summed E-state index contributed by atoms with van der Waals surface area (Å²) in [4.78, 5) is 62.8. The Bertz CT molecular complexity index is 3690. The van der Waals surface area contributed by atoms with E-state index < -0.39 is 17.9 Å². The van der Waals surface area contributed by atoms with Gasteiger partial charge in [-0.3, -0.25) is 9.59 Å². The maximum Gasteiger partial charge on any atom is 0.335 e. The molecule has 368 valence electrons. The quantitative estimate of drug-likeness (QED) is 0.0364. The second-order valence-electron chi connectivity index (χ2n) is 15.4. The molecule has 4 aromatic carbocycles. The van der Waals surface area contributed by atoms with E-state index in [1.165, 1.54) is 38.1 Å². The maximum absolute atomic E-state index is 12.1. The fourth-order valence-corrected chi connectivity index (χ4v) is 7.41. The summed E-state index contributed by atoms with van der Waals surface area (Å²) >= 11 is 0. The number of hydrogen-bond acceptors (Lipinski definition) is 21. The molecule has 0 aliphatic rings. The number of aromatic hydroxyl groups is 1. The Morgan fingerprint density at radius 1 is 0.653 bits per heavy atom. The number of nitriles is 1. The molecule has 0 bridgehead atoms. The summed E-state index contributed by atoms with van der Waals surface area (Å²) < 4.78 is 14.3. The van der Waals surface area contributed by atoms with Crippen LogP contribution >= 0.6 is 0 Å². The Hall–Kier alpha value is -11.8. The van der Waals surface area contributed by atoms with Gasteiger partial charge in [-0.25, -0.2) is 23.8 Å². The number of azo groups is 2. The molecule has 75 heavy (non-hydrogen) atoms. The molecule has 28 heteroatoms. The lowest BCUT2D eigenvalue weighted by molar-refractivity contribution is -0.121. The topological polar surface area (TPSA) is 387 Å². The summed E-state index contributed by atoms with van der Waals surface area (Å²) in [5.74, 6) is -4.52. The Labute approximate surface area is 419 Å². The standard InChI is InChI=1S/C47H31N19O9/c1-23-34(55-57-41-33(20-48)36(25-10-6-4-7-11-25)61-63(41)29-14-27(43(69)70)16-31(18-29)74-21-67)39(49)65(59-23)45-52-46(54-47(73)53-45)66-40(50)35(24(2)60-66)56-58-42-38(51-3)37(26-12-8-5-9-13-26)62-64(42)30-15-28(44(71)72)17-32(19-30)75-22-68/h4-19,21-22H,49-50H2,1-2H3,(H,69,70)(H,71,72)(H,52,53,54,73). The molecule has 0 atom stereocenters. The van der Waals surface area contributed by atoms with Crippen molar-refractivity contribution in [3.05, 3.63) is 137 Å². The van der Waals surface area contributed by atoms with Crippen LogP contribution in [0.5, 0.6) is 17.5 Å². The number of carboxylic acid groups (broad SMARTS) is 2. The summed E-state index contributed by atoms with van der Waals surface area (Å²) in [5, 5.41) is 76.4. The average molecular weight is 1010 g/mol. The van der Waals surface area contributed by atoms with Gasteiger partial charge in [0.05, 0.1) is 40.5 Å². The number of carboxylic acids is 2. The molecular formula is C47H31N19O9. The van der Waals surface area contributed by atoms with Crippen LogP contribution in [-0.4, -0.2) is 94.3 Å². The lowest BCUT2D eigenvalue weighted by Gasteiger charge is -2.08. The second-order valence-corrected chi connectivity index (χ2v) is 15.4. The molecule has 0 spiro atoms. The molecule has 0 unspecified atom stereocenters. The molecule has 7 N–H and O–H groups in total. The van der Waals surface area contributed by atoms with Crippen LogP contribution in [0.3, 0.4) is 0 Å². The first-order chi connectivity index (χ1) is 36.2. The number of anilines is 2. The van der Waals surface area contributed by atoms with E-state index in [0.717, 1.165) is 30.9 Å². The number of hydrogen-bond donors (Lipinski definition) is 5. The van der Waals surface area contributed by atoms with Gasteiger partial charge >= 0.3 is 17.9 Å². The number of nitrogens with zero attached hydrogens (tertiary/aromatic N) is 17. The molecule has 5 aromatic heterocycles. The average Bonchev–Trinajstić information content (AvgIpc) is 4.14. The Morgan fingerprint density at radius 2 is 1.11 bits per heavy atom. The Balaban J connectivity index is 1.10. The van der Waals surface area contributed by atoms with Crippen LogP contribution < -0.4 is 20.9 Å². The van der Waals surface area contributed by atoms with Crippen molar-refractivity contribution < 1.29 is 44.0 Å². The number of aromatic nitrogens is 11. The van der Waals surface area contributed by atoms with Gasteiger partial charge in [0.25, 0.3) is 30.5 Å². The van der Waals surface area contributed by atoms with Gasteiger partial charge in [-0.2, -0.15) is 50.0 Å². The van der Waals surface area contributed by atoms with Gasteiger partial charge in [0.15, 0.2) is 34.6 Å². The molecule has 0 fully saturated rings. The molecule has 0 amide bonds. The van der Waals surface area contributed by atoms with E-state index in [-0.39, 0.29) is 128 Å². The monoisotopic (exact) mass is 1010 g/mol. The first-order valence-electron chi connectivity index (χ1n) is 21.3. The van der Waals surface area contributed by atoms with Crippen molar-refractivity contribution in [3.63, 3.8) is 0 Å². The number of ether oxygens (including phenoxy) is 2. The van der Waals surface area contributed by atoms with E-state index in [4.69, 9.17) is 27.5 Å². The largest absolute Gasteiger partial charge is 0.479 e. The predicted molar refractivity (Wildman–Crippen MR) is 259 cm³/mol. The van der Waals surface area contributed by atoms with Gasteiger partial charge in [0.2, 0.25) is 0 Å². The zero-order valence-electron chi connectivity index (χ0n) is 38.4. The van der Waals surface area contributed by atoms with E-state index in [1.807, 2.05) is 0 Å². The minimum absolute atomic E-state index is 0.0342. The number of carbonyl (C=O) groups is 4. The minimum atomic E-state index is -1.35. The minimum Gasteiger partial charge on any atom is -0.479 e. The third kappa shape index (κ3) is 9.24. The summed E-state index contributed by atoms with van der Waals surface area (Å²) in [5.41, 5.74) is 14.0. The van der Waals surface area contributed by atoms with E-state index in [9.17, 15) is 39.8 Å². The smallest absolute Gasteiger partial charge is 0.335 e. The van der Waals surface area contributed by atoms with Crippen molar-refractivity contribution in [2.45, 2.75) is 13.8 Å². The molecule has 0 saturated heterocycles. The van der Waals surface area contributed by atoms with Crippen LogP contribution in [0.1, 0.15) is 37.7 Å². The fraction of sp³-hybridized carbons (Fsp3) is 0.0426. The maximum atomic E-state index is 12.1. The third-order valence-corrected chi connectivity index (χ3v) is 10.7. The number of aryl methyl sites for hydroxylation is 2. The normalized spacial score (nSPS) is 11.1. The van der Waals surface area contributed by atoms with E-state index in [0.29, 0.717) is 11.1 Å². The van der Waals surface area contributed by atoms with Crippen molar-refractivity contribution in [2.75, 3.05) is 11.5 Å². The van der Waals surface area contributed by atoms with Crippen LogP contribution in [0.15, 0.2) is 118 Å². The van der Waals surface area contributed by atoms with E-state index >= 15 is 0 Å². The second kappa shape index (κ2) is 19.9. The van der Waals surface area contributed by atoms with Crippen molar-refractivity contribution in [1.29, 1.82) is 5.26 Å². The zero-order chi connectivity index (χ0) is 53.1. The molecule has 28 nitrogen and oxygen atoms in total. The summed E-state index contributed by atoms with van der Waals surface area (Å²) in [6.45, 7) is 11.4. The van der Waals surface area contributed by atoms with Gasteiger partial charge in [-0.05, 0) is 43.7 Å². The van der Waals surface area contributed by atoms with Gasteiger partial charge < -0.3 is 36.3 Å². The van der Waals surface area contributed by atoms with Gasteiger partial charge in [-0.1, -0.05) is 60.7 Å². The summed E-state index contributed by atoms with van der Waals surface area (Å²) in [6.07, 6.45) is 0. The lowest BCUT2D eigenvalue weighted by Crippen LogP contribution is -2.13. The highest BCUT2D eigenvalue weighted by Crippen LogP contribution is 2.43. The van der Waals surface area contributed by atoms with Gasteiger partial charge in [0, 0.05) is 17.7 Å². The number of nitrogen functional groups attached to an aromatic ring is 2. The molecule has 0 saturated carbocycles. The summed E-state index contributed by atoms with van der Waals surface area (Å²) in [7, 11) is 0. The van der Waals surface area contributed by atoms with Crippen molar-refractivity contribution in [2.24, 2.45) is 20.5 Å². The number of nitrogens with two attached hydrogens (primary N) is 2. The van der Waals surface area contributed by atoms with Crippen molar-refractivity contribution in [1.82, 2.24) is 54.1 Å². The fourth-order valence-electron chi connectivity index (χ4n) is 7.41. The van der Waals surface area contributed by atoms with E-state index in [2.05, 4.69) is 66.7 Å². The molecular weight excluding hydrogens is 975 g/mol. The SMILES string of the molecule is [C-]#[N+]c1c(-c2ccccc2)nn(-c2cc(OC=O)cc(C(=O)O)c2)c1N=Nc1c(C)nn(-c2nc(O)nc(-n3nc(C)c(N=Nc4c(C#N)c(-c5ccccc5)nn4-c4cc(OC=O)cc(C(=O)O)c4)c3N)n2)c1N. The van der Waals surface area contributed by atoms with Crippen molar-refractivity contribution >= 4 is 65.2 Å². The van der Waals surface area contributed by atoms with Crippen LogP contribution in [-0.2, 0) is 9.59 Å². The molecule has 5 heterocycles. The van der Waals surface area contributed by atoms with Crippen LogP contribution in [0.4, 0.5) is 40.3 Å². The van der Waals surface area contributed by atoms with Crippen LogP contribution in [0.2, 0.25) is 0 Å². The summed E-state index contributed by atoms with van der Waals surface area (Å²) in [6, 6.07) is 25.8. The Morgan fingerprint density at radius 3 is 1.56 bits per heavy atom. The number of aromatic carboxylic acids is 2. The van der Waals surface area contributed by atoms with Crippen LogP contribution in [0.25, 0.3) is 50.6 Å². The number of rotatable bonds is 16. The van der Waals surface area contributed by atoms with Crippen molar-refractivity contribution in [3.8, 4) is 69.4 Å². The zero-order valence-corrected chi connectivity index (χ0v) is 38.4. The molecule has 9 rings (SSSR count). The molecule has 0 aliphatic heterocycles. The van der Waals surface area contributed by atoms with E-state index in [1.54, 1.807) is 60.7 Å². The van der Waals surface area contributed by atoms with Gasteiger partial charge in [0.1, 0.15) is 34.5 Å². The highest BCUT2D eigenvalue weighted by Gasteiger charge is 2.27. The number of carbonyl (C=O) groups excluding carboxylic acids is 2. The number of benzene rings is 4. The third-order valence-electron chi connectivity index (χ3n) is 10.7. The lowest BCUT2D eigenvalue weighted by atomic mass is 10.1. The van der Waals surface area contributed by atoms with Crippen LogP contribution in [0, 0.1) is 31.8 Å². The highest BCUT2D eigenvalue weighted by atomic mass is 16.5. The highest BCUT2D eigenvalue weighted by molar-refractivity contribution is 5.90. The first-order valence-corrected chi connectivity index (χ1v) is 21.3. The molecule has 0 radical (unpaired) electrons. The first kappa shape index (κ1) is 48.2. The molecule has 0 aliphatic carbocycles. The van der Waals surface area contributed by atoms with Gasteiger partial charge in [-0.15, -0.1) is 20.5 Å². The molecule has 9 aromatic rings.